The van der Waals surface area contributed by atoms with Crippen LogP contribution in [0.1, 0.15) is 18.4 Å². The zero-order valence-corrected chi connectivity index (χ0v) is 10.2. The SMILES string of the molecule is O=C(NC=C1CCOCC1)NCc1cccnc1. The molecule has 1 aliphatic heterocycles. The Bertz CT molecular complexity index is 410. The lowest BCUT2D eigenvalue weighted by Gasteiger charge is -2.14. The molecule has 0 spiro atoms. The number of hydrogen-bond donors (Lipinski definition) is 2. The first-order chi connectivity index (χ1) is 8.84. The fourth-order valence-electron chi connectivity index (χ4n) is 1.68. The lowest BCUT2D eigenvalue weighted by molar-refractivity contribution is 0.119. The molecule has 0 aliphatic carbocycles. The number of rotatable bonds is 3. The normalized spacial score (nSPS) is 15.0. The van der Waals surface area contributed by atoms with Crippen LogP contribution in [-0.2, 0) is 11.3 Å². The molecule has 2 heterocycles. The zero-order chi connectivity index (χ0) is 12.6. The Morgan fingerprint density at radius 2 is 2.28 bits per heavy atom. The summed E-state index contributed by atoms with van der Waals surface area (Å²) in [5.74, 6) is 0. The second-order valence-electron chi connectivity index (χ2n) is 4.10. The number of nitrogens with one attached hydrogen (secondary N) is 2. The first-order valence-corrected chi connectivity index (χ1v) is 6.03. The minimum Gasteiger partial charge on any atom is -0.381 e. The molecule has 0 atom stereocenters. The summed E-state index contributed by atoms with van der Waals surface area (Å²) in [6.07, 6.45) is 7.00. The van der Waals surface area contributed by atoms with Gasteiger partial charge in [0.2, 0.25) is 0 Å². The van der Waals surface area contributed by atoms with E-state index in [4.69, 9.17) is 4.74 Å². The number of carbonyl (C=O) groups excluding carboxylic acids is 1. The maximum atomic E-state index is 11.5. The molecule has 0 radical (unpaired) electrons. The molecule has 2 N–H and O–H groups in total. The summed E-state index contributed by atoms with van der Waals surface area (Å²) in [4.78, 5) is 15.5. The molecule has 1 aromatic rings. The molecule has 96 valence electrons. The van der Waals surface area contributed by atoms with Gasteiger partial charge in [0.1, 0.15) is 0 Å². The number of urea groups is 1. The van der Waals surface area contributed by atoms with Crippen molar-refractivity contribution in [3.05, 3.63) is 41.9 Å². The van der Waals surface area contributed by atoms with Crippen molar-refractivity contribution < 1.29 is 9.53 Å². The Morgan fingerprint density at radius 3 is 3.00 bits per heavy atom. The quantitative estimate of drug-likeness (QED) is 0.852. The molecule has 2 rings (SSSR count). The van der Waals surface area contributed by atoms with E-state index in [1.165, 1.54) is 5.57 Å². The number of carbonyl (C=O) groups is 1. The Balaban J connectivity index is 1.72. The van der Waals surface area contributed by atoms with Crippen molar-refractivity contribution in [1.82, 2.24) is 15.6 Å². The standard InChI is InChI=1S/C13H17N3O2/c17-13(15-9-11-3-6-18-7-4-11)16-10-12-2-1-5-14-8-12/h1-2,5,8-9H,3-4,6-7,10H2,(H2,15,16,17). The van der Waals surface area contributed by atoms with Crippen LogP contribution >= 0.6 is 0 Å². The fraction of sp³-hybridized carbons (Fsp3) is 0.385. The summed E-state index contributed by atoms with van der Waals surface area (Å²) in [6.45, 7) is 1.96. The Kier molecular flexibility index (Phi) is 4.72. The van der Waals surface area contributed by atoms with E-state index < -0.39 is 0 Å². The number of amides is 2. The van der Waals surface area contributed by atoms with Crippen molar-refractivity contribution in [1.29, 1.82) is 0 Å². The van der Waals surface area contributed by atoms with Gasteiger partial charge in [-0.1, -0.05) is 6.07 Å². The zero-order valence-electron chi connectivity index (χ0n) is 10.2. The molecule has 0 bridgehead atoms. The third-order valence-electron chi connectivity index (χ3n) is 2.72. The molecule has 1 fully saturated rings. The van der Waals surface area contributed by atoms with Crippen molar-refractivity contribution in [2.45, 2.75) is 19.4 Å². The highest BCUT2D eigenvalue weighted by Crippen LogP contribution is 2.11. The van der Waals surface area contributed by atoms with Gasteiger partial charge in [-0.3, -0.25) is 4.98 Å². The van der Waals surface area contributed by atoms with Crippen LogP contribution in [0.25, 0.3) is 0 Å². The van der Waals surface area contributed by atoms with E-state index in [1.807, 2.05) is 12.1 Å². The van der Waals surface area contributed by atoms with Crippen LogP contribution in [-0.4, -0.2) is 24.2 Å². The highest BCUT2D eigenvalue weighted by Gasteiger charge is 2.05. The van der Waals surface area contributed by atoms with E-state index in [0.29, 0.717) is 6.54 Å². The lowest BCUT2D eigenvalue weighted by Crippen LogP contribution is -2.32. The van der Waals surface area contributed by atoms with Crippen LogP contribution in [0.15, 0.2) is 36.3 Å². The molecule has 1 aromatic heterocycles. The molecule has 0 saturated carbocycles. The van der Waals surface area contributed by atoms with Crippen LogP contribution in [0.3, 0.4) is 0 Å². The van der Waals surface area contributed by atoms with Crippen molar-refractivity contribution in [3.63, 3.8) is 0 Å². The van der Waals surface area contributed by atoms with Gasteiger partial charge in [-0.25, -0.2) is 4.79 Å². The lowest BCUT2D eigenvalue weighted by atomic mass is 10.1. The first-order valence-electron chi connectivity index (χ1n) is 6.03. The summed E-state index contributed by atoms with van der Waals surface area (Å²) in [7, 11) is 0. The van der Waals surface area contributed by atoms with E-state index in [9.17, 15) is 4.79 Å². The Morgan fingerprint density at radius 1 is 1.44 bits per heavy atom. The number of hydrogen-bond acceptors (Lipinski definition) is 3. The van der Waals surface area contributed by atoms with Gasteiger partial charge in [0.05, 0.1) is 13.2 Å². The topological polar surface area (TPSA) is 63.2 Å². The van der Waals surface area contributed by atoms with Crippen molar-refractivity contribution in [2.75, 3.05) is 13.2 Å². The van der Waals surface area contributed by atoms with Crippen molar-refractivity contribution >= 4 is 6.03 Å². The highest BCUT2D eigenvalue weighted by molar-refractivity contribution is 5.74. The molecule has 1 aliphatic rings. The molecule has 1 saturated heterocycles. The number of aromatic nitrogens is 1. The van der Waals surface area contributed by atoms with Crippen molar-refractivity contribution in [3.8, 4) is 0 Å². The third-order valence-corrected chi connectivity index (χ3v) is 2.72. The monoisotopic (exact) mass is 247 g/mol. The van der Waals surface area contributed by atoms with Crippen LogP contribution in [0.2, 0.25) is 0 Å². The molecule has 0 unspecified atom stereocenters. The summed E-state index contributed by atoms with van der Waals surface area (Å²) < 4.78 is 5.24. The first kappa shape index (κ1) is 12.6. The largest absolute Gasteiger partial charge is 0.381 e. The van der Waals surface area contributed by atoms with Crippen molar-refractivity contribution in [2.24, 2.45) is 0 Å². The van der Waals surface area contributed by atoms with Gasteiger partial charge < -0.3 is 15.4 Å². The number of pyridine rings is 1. The number of nitrogens with zero attached hydrogens (tertiary/aromatic N) is 1. The molecule has 0 aromatic carbocycles. The van der Waals surface area contributed by atoms with E-state index in [2.05, 4.69) is 15.6 Å². The van der Waals surface area contributed by atoms with E-state index >= 15 is 0 Å². The maximum Gasteiger partial charge on any atom is 0.319 e. The average Bonchev–Trinajstić information content (AvgIpc) is 2.45. The Hall–Kier alpha value is -1.88. The van der Waals surface area contributed by atoms with Gasteiger partial charge >= 0.3 is 6.03 Å². The summed E-state index contributed by atoms with van der Waals surface area (Å²) >= 11 is 0. The second-order valence-corrected chi connectivity index (χ2v) is 4.10. The van der Waals surface area contributed by atoms with Gasteiger partial charge in [-0.2, -0.15) is 0 Å². The van der Waals surface area contributed by atoms with Gasteiger partial charge in [0.25, 0.3) is 0 Å². The fourth-order valence-corrected chi connectivity index (χ4v) is 1.68. The molecule has 18 heavy (non-hydrogen) atoms. The molecule has 2 amide bonds. The molecule has 5 heteroatoms. The average molecular weight is 247 g/mol. The van der Waals surface area contributed by atoms with Crippen LogP contribution in [0.5, 0.6) is 0 Å². The van der Waals surface area contributed by atoms with Crippen LogP contribution in [0, 0.1) is 0 Å². The van der Waals surface area contributed by atoms with Gasteiger partial charge in [-0.05, 0) is 30.0 Å². The summed E-state index contributed by atoms with van der Waals surface area (Å²) in [6, 6.07) is 3.57. The van der Waals surface area contributed by atoms with E-state index in [-0.39, 0.29) is 6.03 Å². The third kappa shape index (κ3) is 4.18. The molecule has 5 nitrogen and oxygen atoms in total. The summed E-state index contributed by atoms with van der Waals surface area (Å²) in [5.41, 5.74) is 2.20. The predicted molar refractivity (Wildman–Crippen MR) is 67.7 cm³/mol. The molecular formula is C13H17N3O2. The highest BCUT2D eigenvalue weighted by atomic mass is 16.5. The van der Waals surface area contributed by atoms with Crippen LogP contribution in [0.4, 0.5) is 4.79 Å². The van der Waals surface area contributed by atoms with Gasteiger partial charge in [0.15, 0.2) is 0 Å². The minimum absolute atomic E-state index is 0.196. The number of ether oxygens (including phenoxy) is 1. The van der Waals surface area contributed by atoms with Crippen LogP contribution < -0.4 is 10.6 Å². The van der Waals surface area contributed by atoms with E-state index in [1.54, 1.807) is 18.6 Å². The molecular weight excluding hydrogens is 230 g/mol. The smallest absolute Gasteiger partial charge is 0.319 e. The predicted octanol–water partition coefficient (Wildman–Crippen LogP) is 1.58. The Labute approximate surface area is 106 Å². The second kappa shape index (κ2) is 6.76. The van der Waals surface area contributed by atoms with Gasteiger partial charge in [0, 0.05) is 25.1 Å². The minimum atomic E-state index is -0.196. The van der Waals surface area contributed by atoms with Gasteiger partial charge in [-0.15, -0.1) is 0 Å². The van der Waals surface area contributed by atoms with E-state index in [0.717, 1.165) is 31.6 Å². The summed E-state index contributed by atoms with van der Waals surface area (Å²) in [5, 5.41) is 5.51. The maximum absolute atomic E-state index is 11.5.